The highest BCUT2D eigenvalue weighted by Gasteiger charge is 2.36. The number of benzene rings is 2. The predicted molar refractivity (Wildman–Crippen MR) is 169 cm³/mol. The summed E-state index contributed by atoms with van der Waals surface area (Å²) in [6.07, 6.45) is 2.83. The number of fused-ring (bicyclic) bond motifs is 1. The van der Waals surface area contributed by atoms with E-state index in [2.05, 4.69) is 28.1 Å². The van der Waals surface area contributed by atoms with Gasteiger partial charge in [0.1, 0.15) is 17.9 Å². The van der Waals surface area contributed by atoms with E-state index in [4.69, 9.17) is 16.3 Å². The molecule has 2 aliphatic heterocycles. The third-order valence-electron chi connectivity index (χ3n) is 8.11. The number of hydrogen-bond acceptors (Lipinski definition) is 6. The Morgan fingerprint density at radius 1 is 1.05 bits per heavy atom. The van der Waals surface area contributed by atoms with Gasteiger partial charge in [0.15, 0.2) is 0 Å². The number of amides is 3. The third kappa shape index (κ3) is 9.95. The van der Waals surface area contributed by atoms with Crippen LogP contribution in [0.2, 0.25) is 5.02 Å². The van der Waals surface area contributed by atoms with Gasteiger partial charge >= 0.3 is 0 Å². The molecule has 2 aromatic rings. The van der Waals surface area contributed by atoms with Crippen molar-refractivity contribution in [3.05, 3.63) is 64.2 Å². The van der Waals surface area contributed by atoms with Crippen molar-refractivity contribution >= 4 is 29.3 Å². The Bertz CT molecular complexity index is 1200. The van der Waals surface area contributed by atoms with Crippen LogP contribution in [0.25, 0.3) is 0 Å². The molecule has 10 heteroatoms. The summed E-state index contributed by atoms with van der Waals surface area (Å²) in [7, 11) is 1.52. The Morgan fingerprint density at radius 2 is 1.72 bits per heavy atom. The third-order valence-corrected chi connectivity index (χ3v) is 8.36. The van der Waals surface area contributed by atoms with Crippen LogP contribution in [-0.2, 0) is 27.2 Å². The van der Waals surface area contributed by atoms with Gasteiger partial charge in [0.25, 0.3) is 0 Å². The van der Waals surface area contributed by atoms with Gasteiger partial charge in [-0.1, -0.05) is 67.8 Å². The number of halogens is 1. The van der Waals surface area contributed by atoms with E-state index < -0.39 is 24.1 Å². The topological polar surface area (TPSA) is 120 Å². The standard InChI is InChI=1S/C26H40N4O5.C7H7Cl/c1-5-16(2)22-26(34)30(4)23(17(3)31)25(33)29-15-21(32)27-13-7-10-18-8-6-9-19-11-12-20(14-28-22)35-24(18)19;1-6-2-4-7(8)5-3-6/h6,8-9,16-17,20,22-23,28,31H,5,7,10-15H2,1-4H3,(H,27,32)(H,29,33);2-5H,1H3. The fourth-order valence-corrected chi connectivity index (χ4v) is 5.47. The van der Waals surface area contributed by atoms with E-state index in [0.29, 0.717) is 13.1 Å². The molecule has 3 amide bonds. The zero-order valence-corrected chi connectivity index (χ0v) is 26.7. The van der Waals surface area contributed by atoms with Gasteiger partial charge in [-0.25, -0.2) is 0 Å². The number of rotatable bonds is 3. The molecule has 0 saturated heterocycles. The van der Waals surface area contributed by atoms with Crippen molar-refractivity contribution in [1.82, 2.24) is 20.9 Å². The Morgan fingerprint density at radius 3 is 2.35 bits per heavy atom. The van der Waals surface area contributed by atoms with Gasteiger partial charge in [-0.15, -0.1) is 0 Å². The van der Waals surface area contributed by atoms with Crippen molar-refractivity contribution < 1.29 is 24.2 Å². The van der Waals surface area contributed by atoms with E-state index >= 15 is 0 Å². The van der Waals surface area contributed by atoms with Gasteiger partial charge in [-0.05, 0) is 68.7 Å². The fraction of sp³-hybridized carbons (Fsp3) is 0.545. The number of ether oxygens (including phenoxy) is 1. The average Bonchev–Trinajstić information content (AvgIpc) is 2.99. The van der Waals surface area contributed by atoms with Crippen LogP contribution in [0, 0.1) is 12.8 Å². The molecule has 0 radical (unpaired) electrons. The molecule has 2 aromatic carbocycles. The monoisotopic (exact) mass is 614 g/mol. The summed E-state index contributed by atoms with van der Waals surface area (Å²) < 4.78 is 6.40. The maximum Gasteiger partial charge on any atom is 0.245 e. The number of aliphatic hydroxyl groups excluding tert-OH is 1. The minimum absolute atomic E-state index is 0.00507. The number of carbonyl (C=O) groups excluding carboxylic acids is 3. The molecule has 0 aliphatic carbocycles. The van der Waals surface area contributed by atoms with E-state index in [-0.39, 0.29) is 30.4 Å². The number of likely N-dealkylation sites (N-methyl/N-ethyl adjacent to an activating group) is 1. The summed E-state index contributed by atoms with van der Waals surface area (Å²) in [5.41, 5.74) is 3.55. The molecule has 2 aliphatic rings. The summed E-state index contributed by atoms with van der Waals surface area (Å²) in [6, 6.07) is 12.3. The maximum absolute atomic E-state index is 13.5. The number of nitrogens with one attached hydrogen (secondary N) is 3. The zero-order valence-electron chi connectivity index (χ0n) is 26.0. The number of carbonyl (C=O) groups is 3. The van der Waals surface area contributed by atoms with Crippen LogP contribution in [0.4, 0.5) is 0 Å². The number of para-hydroxylation sites is 1. The Labute approximate surface area is 260 Å². The van der Waals surface area contributed by atoms with E-state index in [1.54, 1.807) is 0 Å². The minimum atomic E-state index is -1.11. The van der Waals surface area contributed by atoms with Crippen LogP contribution < -0.4 is 20.7 Å². The molecule has 4 N–H and O–H groups in total. The van der Waals surface area contributed by atoms with Gasteiger partial charge in [0, 0.05) is 25.2 Å². The normalized spacial score (nSPS) is 23.3. The summed E-state index contributed by atoms with van der Waals surface area (Å²) >= 11 is 5.61. The number of hydrogen-bond donors (Lipinski definition) is 4. The van der Waals surface area contributed by atoms with E-state index in [0.717, 1.165) is 48.4 Å². The lowest BCUT2D eigenvalue weighted by atomic mass is 9.95. The van der Waals surface area contributed by atoms with Crippen LogP contribution >= 0.6 is 11.6 Å². The van der Waals surface area contributed by atoms with E-state index in [1.165, 1.54) is 30.0 Å². The highest BCUT2D eigenvalue weighted by molar-refractivity contribution is 6.30. The first-order valence-corrected chi connectivity index (χ1v) is 15.6. The molecule has 0 spiro atoms. The molecule has 4 rings (SSSR count). The van der Waals surface area contributed by atoms with Crippen LogP contribution in [0.3, 0.4) is 0 Å². The second-order valence-corrected chi connectivity index (χ2v) is 12.0. The van der Waals surface area contributed by atoms with Crippen molar-refractivity contribution in [2.75, 3.05) is 26.7 Å². The number of aryl methyl sites for hydroxylation is 3. The molecule has 0 fully saturated rings. The van der Waals surface area contributed by atoms with Crippen molar-refractivity contribution in [1.29, 1.82) is 0 Å². The molecular weight excluding hydrogens is 568 g/mol. The maximum atomic E-state index is 13.5. The van der Waals surface area contributed by atoms with Crippen molar-refractivity contribution in [3.63, 3.8) is 0 Å². The summed E-state index contributed by atoms with van der Waals surface area (Å²) in [6.45, 7) is 8.27. The summed E-state index contributed by atoms with van der Waals surface area (Å²) in [5, 5.41) is 19.9. The van der Waals surface area contributed by atoms with Crippen LogP contribution in [0.1, 0.15) is 56.7 Å². The molecule has 5 unspecified atom stereocenters. The minimum Gasteiger partial charge on any atom is -0.489 e. The molecule has 5 atom stereocenters. The second kappa shape index (κ2) is 16.6. The van der Waals surface area contributed by atoms with Crippen LogP contribution in [0.5, 0.6) is 5.75 Å². The molecular formula is C33H47ClN4O5. The fourth-order valence-electron chi connectivity index (χ4n) is 5.34. The summed E-state index contributed by atoms with van der Waals surface area (Å²) in [5.74, 6) is -0.230. The van der Waals surface area contributed by atoms with Crippen LogP contribution in [0.15, 0.2) is 42.5 Å². The summed E-state index contributed by atoms with van der Waals surface area (Å²) in [4.78, 5) is 39.9. The van der Waals surface area contributed by atoms with Gasteiger partial charge in [-0.3, -0.25) is 14.4 Å². The number of aliphatic hydroxyl groups is 1. The van der Waals surface area contributed by atoms with Crippen molar-refractivity contribution in [2.45, 2.75) is 84.1 Å². The van der Waals surface area contributed by atoms with Crippen molar-refractivity contribution in [2.24, 2.45) is 5.92 Å². The first-order chi connectivity index (χ1) is 20.5. The average molecular weight is 615 g/mol. The second-order valence-electron chi connectivity index (χ2n) is 11.6. The van der Waals surface area contributed by atoms with Crippen molar-refractivity contribution in [3.8, 4) is 5.75 Å². The lowest BCUT2D eigenvalue weighted by Crippen LogP contribution is -2.59. The highest BCUT2D eigenvalue weighted by atomic mass is 35.5. The molecule has 0 aromatic heterocycles. The Balaban J connectivity index is 0.000000546. The van der Waals surface area contributed by atoms with Crippen LogP contribution in [-0.4, -0.2) is 78.7 Å². The first-order valence-electron chi connectivity index (χ1n) is 15.2. The smallest absolute Gasteiger partial charge is 0.245 e. The number of nitrogens with zero attached hydrogens (tertiary/aromatic N) is 1. The highest BCUT2D eigenvalue weighted by Crippen LogP contribution is 2.32. The zero-order chi connectivity index (χ0) is 31.5. The largest absolute Gasteiger partial charge is 0.489 e. The molecule has 0 saturated carbocycles. The molecule has 236 valence electrons. The molecule has 9 nitrogen and oxygen atoms in total. The van der Waals surface area contributed by atoms with Gasteiger partial charge in [0.2, 0.25) is 17.7 Å². The van der Waals surface area contributed by atoms with Gasteiger partial charge in [0.05, 0.1) is 18.7 Å². The Hall–Kier alpha value is -3.14. The molecule has 2 heterocycles. The van der Waals surface area contributed by atoms with Gasteiger partial charge in [-0.2, -0.15) is 0 Å². The predicted octanol–water partition coefficient (Wildman–Crippen LogP) is 3.42. The Kier molecular flexibility index (Phi) is 13.3. The molecule has 2 bridgehead atoms. The van der Waals surface area contributed by atoms with Gasteiger partial charge < -0.3 is 30.7 Å². The lowest BCUT2D eigenvalue weighted by Gasteiger charge is -2.35. The first kappa shape index (κ1) is 34.4. The van der Waals surface area contributed by atoms with E-state index in [9.17, 15) is 19.5 Å². The quantitative estimate of drug-likeness (QED) is 0.421. The van der Waals surface area contributed by atoms with E-state index in [1.807, 2.05) is 51.1 Å². The lowest BCUT2D eigenvalue weighted by molar-refractivity contribution is -0.145. The molecule has 43 heavy (non-hydrogen) atoms. The SMILES string of the molecule is CCC(C)C1NCC2CCc3cccc(c3O2)CCCNC(=O)CNC(=O)C(C(C)O)N(C)C1=O.Cc1ccc(Cl)cc1.